The zero-order valence-corrected chi connectivity index (χ0v) is 15.3. The zero-order valence-electron chi connectivity index (χ0n) is 14.5. The van der Waals surface area contributed by atoms with Crippen molar-refractivity contribution < 1.29 is 14.6 Å². The monoisotopic (exact) mass is 368 g/mol. The third-order valence-electron chi connectivity index (χ3n) is 4.64. The number of aromatic nitrogens is 1. The molecule has 1 fully saturated rings. The summed E-state index contributed by atoms with van der Waals surface area (Å²) in [5.41, 5.74) is 2.26. The number of hydrogen-bond acceptors (Lipinski definition) is 4. The molecule has 0 radical (unpaired) electrons. The van der Waals surface area contributed by atoms with Crippen molar-refractivity contribution in [3.8, 4) is 0 Å². The molecule has 1 aromatic heterocycles. The van der Waals surface area contributed by atoms with Crippen LogP contribution >= 0.6 is 11.3 Å². The molecule has 0 unspecified atom stereocenters. The average Bonchev–Trinajstić information content (AvgIpc) is 3.41. The molecule has 2 aromatic carbocycles. The zero-order chi connectivity index (χ0) is 18.1. The van der Waals surface area contributed by atoms with E-state index < -0.39 is 5.97 Å². The van der Waals surface area contributed by atoms with Crippen molar-refractivity contribution in [1.82, 2.24) is 4.57 Å². The van der Waals surface area contributed by atoms with Gasteiger partial charge in [0.25, 0.3) is 0 Å². The number of carbonyl (C=O) groups is 1. The van der Waals surface area contributed by atoms with Gasteiger partial charge in [-0.3, -0.25) is 0 Å². The second-order valence-electron chi connectivity index (χ2n) is 6.47. The molecule has 1 heterocycles. The Bertz CT molecular complexity index is 1030. The number of methoxy groups -OCH3 is 1. The van der Waals surface area contributed by atoms with Gasteiger partial charge in [0.1, 0.15) is 4.88 Å². The van der Waals surface area contributed by atoms with Gasteiger partial charge in [-0.1, -0.05) is 41.7 Å². The molecule has 1 saturated carbocycles. The topological polar surface area (TPSA) is 63.8 Å². The number of carboxylic acids is 1. The predicted molar refractivity (Wildman–Crippen MR) is 102 cm³/mol. The number of carboxylic acid groups (broad SMARTS) is 1. The minimum absolute atomic E-state index is 0.277. The Hall–Kier alpha value is -2.44. The standard InChI is InChI=1S/C20H20N2O3S/c1-25-11-10-22-12-18(19(23)24)26-20(22)21-17-9-8-14(13-6-7-13)15-4-2-3-5-16(15)17/h2-5,8-9,12-13H,6-7,10-11H2,1H3,(H,23,24). The van der Waals surface area contributed by atoms with Crippen LogP contribution in [0, 0.1) is 0 Å². The molecule has 0 bridgehead atoms. The van der Waals surface area contributed by atoms with Crippen LogP contribution in [0.4, 0.5) is 5.69 Å². The van der Waals surface area contributed by atoms with Crippen molar-refractivity contribution in [2.24, 2.45) is 4.99 Å². The quantitative estimate of drug-likeness (QED) is 0.711. The van der Waals surface area contributed by atoms with E-state index in [1.54, 1.807) is 13.3 Å². The highest BCUT2D eigenvalue weighted by atomic mass is 32.1. The first-order valence-corrected chi connectivity index (χ1v) is 9.48. The van der Waals surface area contributed by atoms with Crippen LogP contribution in [0.1, 0.15) is 34.0 Å². The van der Waals surface area contributed by atoms with E-state index in [0.29, 0.717) is 23.9 Å². The van der Waals surface area contributed by atoms with Crippen LogP contribution < -0.4 is 4.80 Å². The molecule has 5 nitrogen and oxygen atoms in total. The Morgan fingerprint density at radius 1 is 1.27 bits per heavy atom. The molecule has 1 N–H and O–H groups in total. The highest BCUT2D eigenvalue weighted by Gasteiger charge is 2.25. The van der Waals surface area contributed by atoms with Gasteiger partial charge in [-0.15, -0.1) is 0 Å². The Morgan fingerprint density at radius 2 is 2.04 bits per heavy atom. The summed E-state index contributed by atoms with van der Waals surface area (Å²) in [6, 6.07) is 12.5. The van der Waals surface area contributed by atoms with Crippen LogP contribution in [-0.2, 0) is 11.3 Å². The van der Waals surface area contributed by atoms with Gasteiger partial charge in [0.05, 0.1) is 12.3 Å². The van der Waals surface area contributed by atoms with Crippen LogP contribution in [0.15, 0.2) is 47.6 Å². The Kier molecular flexibility index (Phi) is 4.61. The van der Waals surface area contributed by atoms with Crippen LogP contribution in [0.3, 0.4) is 0 Å². The normalized spacial score (nSPS) is 14.9. The van der Waals surface area contributed by atoms with Crippen molar-refractivity contribution in [2.45, 2.75) is 25.3 Å². The minimum atomic E-state index is -0.934. The van der Waals surface area contributed by atoms with Gasteiger partial charge in [-0.25, -0.2) is 9.79 Å². The van der Waals surface area contributed by atoms with E-state index in [9.17, 15) is 9.90 Å². The predicted octanol–water partition coefficient (Wildman–Crippen LogP) is 4.16. The Labute approximate surface area is 155 Å². The number of thiazole rings is 1. The van der Waals surface area contributed by atoms with E-state index in [-0.39, 0.29) is 4.88 Å². The van der Waals surface area contributed by atoms with Crippen LogP contribution in [-0.4, -0.2) is 29.4 Å². The summed E-state index contributed by atoms with van der Waals surface area (Å²) >= 11 is 1.19. The Balaban J connectivity index is 1.86. The molecule has 1 aliphatic rings. The van der Waals surface area contributed by atoms with E-state index >= 15 is 0 Å². The van der Waals surface area contributed by atoms with Crippen LogP contribution in [0.25, 0.3) is 10.8 Å². The third kappa shape index (κ3) is 3.30. The lowest BCUT2D eigenvalue weighted by Crippen LogP contribution is -2.16. The van der Waals surface area contributed by atoms with Crippen molar-refractivity contribution >= 4 is 33.8 Å². The number of fused-ring (bicyclic) bond motifs is 1. The second-order valence-corrected chi connectivity index (χ2v) is 7.48. The van der Waals surface area contributed by atoms with Gasteiger partial charge in [-0.2, -0.15) is 0 Å². The third-order valence-corrected chi connectivity index (χ3v) is 5.64. The van der Waals surface area contributed by atoms with Gasteiger partial charge in [0.15, 0.2) is 4.80 Å². The molecule has 4 rings (SSSR count). The molecular weight excluding hydrogens is 348 g/mol. The fraction of sp³-hybridized carbons (Fsp3) is 0.300. The first kappa shape index (κ1) is 17.0. The van der Waals surface area contributed by atoms with E-state index in [1.807, 2.05) is 10.6 Å². The number of ether oxygens (including phenoxy) is 1. The second kappa shape index (κ2) is 7.05. The summed E-state index contributed by atoms with van der Waals surface area (Å²) in [6.07, 6.45) is 4.14. The van der Waals surface area contributed by atoms with Crippen molar-refractivity contribution in [2.75, 3.05) is 13.7 Å². The average molecular weight is 368 g/mol. The lowest BCUT2D eigenvalue weighted by molar-refractivity contribution is 0.0701. The van der Waals surface area contributed by atoms with Crippen LogP contribution in [0.2, 0.25) is 0 Å². The fourth-order valence-corrected chi connectivity index (χ4v) is 4.04. The highest BCUT2D eigenvalue weighted by Crippen LogP contribution is 2.44. The molecule has 0 saturated heterocycles. The SMILES string of the molecule is COCCn1cc(C(=O)O)sc1=Nc1ccc(C2CC2)c2ccccc12. The molecule has 0 aliphatic heterocycles. The summed E-state index contributed by atoms with van der Waals surface area (Å²) < 4.78 is 6.98. The van der Waals surface area contributed by atoms with E-state index in [0.717, 1.165) is 11.1 Å². The van der Waals surface area contributed by atoms with Gasteiger partial charge < -0.3 is 14.4 Å². The molecular formula is C20H20N2O3S. The molecule has 1 aliphatic carbocycles. The van der Waals surface area contributed by atoms with E-state index in [1.165, 1.54) is 35.1 Å². The number of hydrogen-bond donors (Lipinski definition) is 1. The van der Waals surface area contributed by atoms with Crippen LogP contribution in [0.5, 0.6) is 0 Å². The number of aromatic carboxylic acids is 1. The van der Waals surface area contributed by atoms with Crippen molar-refractivity contribution in [3.05, 3.63) is 57.8 Å². The van der Waals surface area contributed by atoms with E-state index in [4.69, 9.17) is 9.73 Å². The maximum absolute atomic E-state index is 11.4. The number of rotatable bonds is 6. The largest absolute Gasteiger partial charge is 0.477 e. The van der Waals surface area contributed by atoms with E-state index in [2.05, 4.69) is 30.3 Å². The highest BCUT2D eigenvalue weighted by molar-refractivity contribution is 7.11. The number of nitrogens with zero attached hydrogens (tertiary/aromatic N) is 2. The first-order valence-electron chi connectivity index (χ1n) is 8.66. The molecule has 0 spiro atoms. The minimum Gasteiger partial charge on any atom is -0.477 e. The molecule has 134 valence electrons. The van der Waals surface area contributed by atoms with Gasteiger partial charge in [0.2, 0.25) is 0 Å². The molecule has 6 heteroatoms. The van der Waals surface area contributed by atoms with Gasteiger partial charge in [0, 0.05) is 25.2 Å². The smallest absolute Gasteiger partial charge is 0.347 e. The summed E-state index contributed by atoms with van der Waals surface area (Å²) in [5, 5.41) is 11.7. The molecule has 26 heavy (non-hydrogen) atoms. The summed E-state index contributed by atoms with van der Waals surface area (Å²) in [7, 11) is 1.63. The maximum Gasteiger partial charge on any atom is 0.347 e. The lowest BCUT2D eigenvalue weighted by atomic mass is 10.00. The Morgan fingerprint density at radius 3 is 2.73 bits per heavy atom. The number of benzene rings is 2. The summed E-state index contributed by atoms with van der Waals surface area (Å²) in [5.74, 6) is -0.266. The fourth-order valence-electron chi connectivity index (χ4n) is 3.17. The summed E-state index contributed by atoms with van der Waals surface area (Å²) in [4.78, 5) is 17.1. The molecule has 0 atom stereocenters. The van der Waals surface area contributed by atoms with Crippen molar-refractivity contribution in [1.29, 1.82) is 0 Å². The van der Waals surface area contributed by atoms with Crippen molar-refractivity contribution in [3.63, 3.8) is 0 Å². The summed E-state index contributed by atoms with van der Waals surface area (Å²) in [6.45, 7) is 1.07. The molecule has 3 aromatic rings. The van der Waals surface area contributed by atoms with Gasteiger partial charge >= 0.3 is 5.97 Å². The first-order chi connectivity index (χ1) is 12.7. The maximum atomic E-state index is 11.4. The molecule has 0 amide bonds. The van der Waals surface area contributed by atoms with Gasteiger partial charge in [-0.05, 0) is 35.8 Å². The lowest BCUT2D eigenvalue weighted by Gasteiger charge is -2.08.